The first-order valence-corrected chi connectivity index (χ1v) is 4.31. The van der Waals surface area contributed by atoms with Gasteiger partial charge in [0.2, 0.25) is 0 Å². The summed E-state index contributed by atoms with van der Waals surface area (Å²) in [5.41, 5.74) is 0.715. The van der Waals surface area contributed by atoms with Crippen LogP contribution in [0, 0.1) is 23.2 Å². The van der Waals surface area contributed by atoms with Gasteiger partial charge in [0.1, 0.15) is 5.75 Å². The Morgan fingerprint density at radius 1 is 1.46 bits per heavy atom. The molecule has 0 fully saturated rings. The second-order valence-electron chi connectivity index (χ2n) is 2.21. The van der Waals surface area contributed by atoms with Crippen LogP contribution in [0.3, 0.4) is 0 Å². The van der Waals surface area contributed by atoms with Crippen molar-refractivity contribution in [3.8, 4) is 23.7 Å². The highest BCUT2D eigenvalue weighted by Gasteiger charge is 1.99. The van der Waals surface area contributed by atoms with Crippen molar-refractivity contribution in [2.24, 2.45) is 0 Å². The highest BCUT2D eigenvalue weighted by molar-refractivity contribution is 9.10. The lowest BCUT2D eigenvalue weighted by molar-refractivity contribution is 0.413. The Kier molecular flexibility index (Phi) is 3.37. The zero-order chi connectivity index (χ0) is 9.68. The van der Waals surface area contributed by atoms with Gasteiger partial charge in [-0.25, -0.2) is 0 Å². The summed E-state index contributed by atoms with van der Waals surface area (Å²) in [6, 6.07) is 7.21. The third kappa shape index (κ3) is 2.50. The van der Waals surface area contributed by atoms with Gasteiger partial charge in [-0.05, 0) is 24.1 Å². The summed E-state index contributed by atoms with van der Waals surface area (Å²) >= 11 is 3.31. The number of nitrogens with zero attached hydrogens (tertiary/aromatic N) is 1. The fraction of sp³-hybridized carbons (Fsp3) is 0.100. The molecule has 0 heterocycles. The Morgan fingerprint density at radius 3 is 2.85 bits per heavy atom. The monoisotopic (exact) mass is 235 g/mol. The highest BCUT2D eigenvalue weighted by atomic mass is 79.9. The van der Waals surface area contributed by atoms with E-state index >= 15 is 0 Å². The lowest BCUT2D eigenvalue weighted by atomic mass is 10.2. The summed E-state index contributed by atoms with van der Waals surface area (Å²) in [5.74, 6) is 5.67. The number of benzene rings is 1. The predicted octanol–water partition coefficient (Wildman–Crippen LogP) is 2.33. The number of nitriles is 1. The van der Waals surface area contributed by atoms with Gasteiger partial charge in [-0.2, -0.15) is 5.26 Å². The van der Waals surface area contributed by atoms with Crippen molar-refractivity contribution >= 4 is 15.9 Å². The molecule has 0 aliphatic heterocycles. The van der Waals surface area contributed by atoms with Crippen LogP contribution in [0.2, 0.25) is 0 Å². The first kappa shape index (κ1) is 9.64. The van der Waals surface area contributed by atoms with Crippen molar-refractivity contribution in [2.45, 2.75) is 0 Å². The molecule has 0 saturated heterocycles. The molecule has 13 heavy (non-hydrogen) atoms. The molecule has 1 rings (SSSR count). The molecule has 0 amide bonds. The van der Waals surface area contributed by atoms with Crippen LogP contribution in [0.1, 0.15) is 5.56 Å². The fourth-order valence-electron chi connectivity index (χ4n) is 0.864. The molecule has 0 aliphatic rings. The largest absolute Gasteiger partial charge is 0.495 e. The summed E-state index contributed by atoms with van der Waals surface area (Å²) < 4.78 is 6.00. The highest BCUT2D eigenvalue weighted by Crippen LogP contribution is 2.22. The second-order valence-corrected chi connectivity index (χ2v) is 3.12. The average molecular weight is 236 g/mol. The van der Waals surface area contributed by atoms with E-state index in [1.807, 2.05) is 6.07 Å². The van der Waals surface area contributed by atoms with Gasteiger partial charge in [0.25, 0.3) is 0 Å². The SMILES string of the molecule is COc1cc(Br)ccc1C#CC#N. The molecule has 0 saturated carbocycles. The summed E-state index contributed by atoms with van der Waals surface area (Å²) in [6.07, 6.45) is 0. The van der Waals surface area contributed by atoms with E-state index in [4.69, 9.17) is 10.00 Å². The third-order valence-electron chi connectivity index (χ3n) is 1.42. The number of rotatable bonds is 1. The summed E-state index contributed by atoms with van der Waals surface area (Å²) in [4.78, 5) is 0. The zero-order valence-electron chi connectivity index (χ0n) is 6.97. The van der Waals surface area contributed by atoms with E-state index in [0.717, 1.165) is 4.47 Å². The molecular weight excluding hydrogens is 230 g/mol. The van der Waals surface area contributed by atoms with E-state index in [0.29, 0.717) is 11.3 Å². The molecule has 1 aromatic carbocycles. The van der Waals surface area contributed by atoms with Gasteiger partial charge < -0.3 is 4.74 Å². The minimum Gasteiger partial charge on any atom is -0.495 e. The van der Waals surface area contributed by atoms with E-state index in [2.05, 4.69) is 27.8 Å². The number of ether oxygens (including phenoxy) is 1. The van der Waals surface area contributed by atoms with Crippen LogP contribution in [0.5, 0.6) is 5.75 Å². The van der Waals surface area contributed by atoms with Gasteiger partial charge in [-0.3, -0.25) is 0 Å². The summed E-state index contributed by atoms with van der Waals surface area (Å²) in [7, 11) is 1.57. The average Bonchev–Trinajstić information content (AvgIpc) is 2.16. The number of halogens is 1. The molecule has 2 nitrogen and oxygen atoms in total. The van der Waals surface area contributed by atoms with Crippen molar-refractivity contribution in [1.82, 2.24) is 0 Å². The minimum absolute atomic E-state index is 0.664. The lowest BCUT2D eigenvalue weighted by Crippen LogP contribution is -1.87. The Morgan fingerprint density at radius 2 is 2.23 bits per heavy atom. The van der Waals surface area contributed by atoms with Crippen molar-refractivity contribution in [3.63, 3.8) is 0 Å². The van der Waals surface area contributed by atoms with E-state index in [-0.39, 0.29) is 0 Å². The Hall–Kier alpha value is -1.45. The van der Waals surface area contributed by atoms with Crippen molar-refractivity contribution in [2.75, 3.05) is 7.11 Å². The predicted molar refractivity (Wildman–Crippen MR) is 53.2 cm³/mol. The molecule has 0 aromatic heterocycles. The van der Waals surface area contributed by atoms with Crippen LogP contribution in [0.4, 0.5) is 0 Å². The Bertz CT molecular complexity index is 409. The van der Waals surface area contributed by atoms with Crippen molar-refractivity contribution in [1.29, 1.82) is 5.26 Å². The van der Waals surface area contributed by atoms with Crippen LogP contribution in [-0.4, -0.2) is 7.11 Å². The normalized spacial score (nSPS) is 8.08. The van der Waals surface area contributed by atoms with Gasteiger partial charge in [0.15, 0.2) is 6.07 Å². The standard InChI is InChI=1S/C10H6BrNO/c1-13-10-7-9(11)5-4-8(10)3-2-6-12/h4-5,7H,1H3. The molecule has 0 N–H and O–H groups in total. The maximum absolute atomic E-state index is 8.27. The molecule has 0 radical (unpaired) electrons. The first-order chi connectivity index (χ1) is 6.27. The van der Waals surface area contributed by atoms with Crippen LogP contribution < -0.4 is 4.74 Å². The molecule has 3 heteroatoms. The molecular formula is C10H6BrNO. The van der Waals surface area contributed by atoms with Gasteiger partial charge >= 0.3 is 0 Å². The maximum Gasteiger partial charge on any atom is 0.152 e. The number of hydrogen-bond acceptors (Lipinski definition) is 2. The van der Waals surface area contributed by atoms with E-state index < -0.39 is 0 Å². The molecule has 0 aliphatic carbocycles. The Labute approximate surface area is 85.3 Å². The maximum atomic E-state index is 8.27. The van der Waals surface area contributed by atoms with Crippen LogP contribution >= 0.6 is 15.9 Å². The van der Waals surface area contributed by atoms with E-state index in [1.165, 1.54) is 0 Å². The quantitative estimate of drug-likeness (QED) is 0.701. The zero-order valence-corrected chi connectivity index (χ0v) is 8.55. The molecule has 0 unspecified atom stereocenters. The van der Waals surface area contributed by atoms with E-state index in [9.17, 15) is 0 Å². The topological polar surface area (TPSA) is 33.0 Å². The van der Waals surface area contributed by atoms with E-state index in [1.54, 1.807) is 25.3 Å². The van der Waals surface area contributed by atoms with Crippen LogP contribution in [-0.2, 0) is 0 Å². The molecule has 64 valence electrons. The molecule has 1 aromatic rings. The van der Waals surface area contributed by atoms with Crippen LogP contribution in [0.15, 0.2) is 22.7 Å². The lowest BCUT2D eigenvalue weighted by Gasteiger charge is -2.02. The number of hydrogen-bond donors (Lipinski definition) is 0. The third-order valence-corrected chi connectivity index (χ3v) is 1.91. The van der Waals surface area contributed by atoms with Gasteiger partial charge in [0.05, 0.1) is 12.7 Å². The Balaban J connectivity index is 3.15. The van der Waals surface area contributed by atoms with Crippen molar-refractivity contribution in [3.05, 3.63) is 28.2 Å². The molecule has 0 spiro atoms. The minimum atomic E-state index is 0.664. The summed E-state index contributed by atoms with van der Waals surface area (Å²) in [5, 5.41) is 8.27. The van der Waals surface area contributed by atoms with Crippen molar-refractivity contribution < 1.29 is 4.74 Å². The van der Waals surface area contributed by atoms with Gasteiger partial charge in [0, 0.05) is 10.4 Å². The smallest absolute Gasteiger partial charge is 0.152 e. The van der Waals surface area contributed by atoms with Crippen LogP contribution in [0.25, 0.3) is 0 Å². The first-order valence-electron chi connectivity index (χ1n) is 3.51. The van der Waals surface area contributed by atoms with Gasteiger partial charge in [-0.1, -0.05) is 15.9 Å². The number of methoxy groups -OCH3 is 1. The molecule has 0 atom stereocenters. The summed E-state index contributed by atoms with van der Waals surface area (Å²) in [6.45, 7) is 0. The molecule has 0 bridgehead atoms. The van der Waals surface area contributed by atoms with Gasteiger partial charge in [-0.15, -0.1) is 0 Å². The second kappa shape index (κ2) is 4.54. The fourth-order valence-corrected chi connectivity index (χ4v) is 1.20.